The van der Waals surface area contributed by atoms with Crippen molar-refractivity contribution < 1.29 is 0 Å². The van der Waals surface area contributed by atoms with Gasteiger partial charge in [0.2, 0.25) is 0 Å². The molecule has 0 unspecified atom stereocenters. The van der Waals surface area contributed by atoms with Gasteiger partial charge in [-0.15, -0.1) is 0 Å². The Balaban J connectivity index is 1.79. The van der Waals surface area contributed by atoms with Crippen LogP contribution in [0.4, 0.5) is 0 Å². The van der Waals surface area contributed by atoms with E-state index in [4.69, 9.17) is 0 Å². The van der Waals surface area contributed by atoms with Crippen molar-refractivity contribution in [3.05, 3.63) is 39.5 Å². The van der Waals surface area contributed by atoms with Gasteiger partial charge >= 0.3 is 0 Å². The molecule has 1 saturated heterocycles. The molecule has 0 spiro atoms. The van der Waals surface area contributed by atoms with Crippen LogP contribution in [0, 0.1) is 9.49 Å². The fourth-order valence-corrected chi connectivity index (χ4v) is 2.52. The highest BCUT2D eigenvalue weighted by Crippen LogP contribution is 2.15. The molecule has 1 aliphatic heterocycles. The number of likely N-dealkylation sites (tertiary alicyclic amines) is 1. The summed E-state index contributed by atoms with van der Waals surface area (Å²) < 4.78 is 1.30. The van der Waals surface area contributed by atoms with Crippen LogP contribution in [0.15, 0.2) is 30.3 Å². The molecule has 92 valence electrons. The molecule has 1 aliphatic rings. The topological polar surface area (TPSA) is 3.24 Å². The van der Waals surface area contributed by atoms with Gasteiger partial charge in [-0.25, -0.2) is 0 Å². The monoisotopic (exact) mass is 341 g/mol. The molecule has 0 N–H and O–H groups in total. The van der Waals surface area contributed by atoms with Gasteiger partial charge in [0.25, 0.3) is 0 Å². The quantitative estimate of drug-likeness (QED) is 0.750. The fraction of sp³-hybridized carbons (Fsp3) is 0.467. The van der Waals surface area contributed by atoms with Crippen molar-refractivity contribution in [2.45, 2.75) is 19.8 Å². The van der Waals surface area contributed by atoms with E-state index in [1.807, 2.05) is 0 Å². The Morgan fingerprint density at radius 1 is 1.24 bits per heavy atom. The summed E-state index contributed by atoms with van der Waals surface area (Å²) in [5.41, 5.74) is 1.30. The van der Waals surface area contributed by atoms with Crippen LogP contribution in [0.1, 0.15) is 25.3 Å². The maximum absolute atomic E-state index is 2.54. The maximum atomic E-state index is 2.54. The molecule has 1 fully saturated rings. The van der Waals surface area contributed by atoms with Crippen molar-refractivity contribution in [3.8, 4) is 0 Å². The van der Waals surface area contributed by atoms with Crippen molar-refractivity contribution in [1.29, 1.82) is 0 Å². The first kappa shape index (κ1) is 13.1. The summed E-state index contributed by atoms with van der Waals surface area (Å²) in [5.74, 6) is 0.923. The lowest BCUT2D eigenvalue weighted by Gasteiger charge is -2.29. The molecule has 17 heavy (non-hydrogen) atoms. The molecule has 1 heterocycles. The summed E-state index contributed by atoms with van der Waals surface area (Å²) in [6.45, 7) is 5.98. The van der Waals surface area contributed by atoms with Gasteiger partial charge in [-0.1, -0.05) is 31.2 Å². The summed E-state index contributed by atoms with van der Waals surface area (Å²) in [7, 11) is 0. The van der Waals surface area contributed by atoms with Crippen LogP contribution < -0.4 is 0 Å². The van der Waals surface area contributed by atoms with Crippen LogP contribution in [-0.2, 0) is 0 Å². The molecule has 0 aromatic heterocycles. The first-order chi connectivity index (χ1) is 8.24. The lowest BCUT2D eigenvalue weighted by atomic mass is 9.99. The molecule has 1 aromatic rings. The van der Waals surface area contributed by atoms with Gasteiger partial charge in [-0.05, 0) is 72.1 Å². The van der Waals surface area contributed by atoms with E-state index in [9.17, 15) is 0 Å². The van der Waals surface area contributed by atoms with Crippen LogP contribution in [0.3, 0.4) is 0 Å². The van der Waals surface area contributed by atoms with Crippen LogP contribution in [0.2, 0.25) is 0 Å². The van der Waals surface area contributed by atoms with Gasteiger partial charge in [0.15, 0.2) is 0 Å². The first-order valence-electron chi connectivity index (χ1n) is 6.38. The molecule has 2 rings (SSSR count). The van der Waals surface area contributed by atoms with E-state index in [1.54, 1.807) is 0 Å². The summed E-state index contributed by atoms with van der Waals surface area (Å²) >= 11 is 2.34. The van der Waals surface area contributed by atoms with Crippen molar-refractivity contribution in [1.82, 2.24) is 4.90 Å². The second kappa shape index (κ2) is 6.55. The van der Waals surface area contributed by atoms with Crippen LogP contribution >= 0.6 is 22.6 Å². The average molecular weight is 341 g/mol. The molecule has 1 nitrogen and oxygen atoms in total. The minimum atomic E-state index is 0.923. The summed E-state index contributed by atoms with van der Waals surface area (Å²) in [6.07, 6.45) is 7.24. The van der Waals surface area contributed by atoms with Gasteiger partial charge < -0.3 is 0 Å². The predicted molar refractivity (Wildman–Crippen MR) is 83.0 cm³/mol. The van der Waals surface area contributed by atoms with Crippen LogP contribution in [0.5, 0.6) is 0 Å². The molecule has 0 amide bonds. The molecular formula is C15H20IN. The third-order valence-electron chi connectivity index (χ3n) is 3.42. The Kier molecular flexibility index (Phi) is 5.04. The first-order valence-corrected chi connectivity index (χ1v) is 7.46. The molecule has 0 atom stereocenters. The fourth-order valence-electron chi connectivity index (χ4n) is 2.16. The Bertz CT molecular complexity index is 361. The van der Waals surface area contributed by atoms with E-state index in [-0.39, 0.29) is 0 Å². The van der Waals surface area contributed by atoms with E-state index in [1.165, 1.54) is 35.1 Å². The summed E-state index contributed by atoms with van der Waals surface area (Å²) in [4.78, 5) is 2.54. The Hall–Kier alpha value is -0.350. The van der Waals surface area contributed by atoms with Crippen molar-refractivity contribution in [3.63, 3.8) is 0 Å². The minimum absolute atomic E-state index is 0.923. The smallest absolute Gasteiger partial charge is 0.0166 e. The molecular weight excluding hydrogens is 321 g/mol. The lowest BCUT2D eigenvalue weighted by molar-refractivity contribution is 0.210. The summed E-state index contributed by atoms with van der Waals surface area (Å²) in [6, 6.07) is 8.67. The van der Waals surface area contributed by atoms with Crippen LogP contribution in [-0.4, -0.2) is 24.5 Å². The third kappa shape index (κ3) is 4.43. The Labute approximate surface area is 118 Å². The highest BCUT2D eigenvalue weighted by atomic mass is 127. The van der Waals surface area contributed by atoms with Gasteiger partial charge in [-0.3, -0.25) is 4.90 Å². The SMILES string of the molecule is CC1CCN(CC=Cc2ccc(I)cc2)CC1. The maximum Gasteiger partial charge on any atom is 0.0166 e. The zero-order valence-corrected chi connectivity index (χ0v) is 12.6. The number of hydrogen-bond donors (Lipinski definition) is 0. The second-order valence-electron chi connectivity index (χ2n) is 4.94. The molecule has 0 saturated carbocycles. The number of rotatable bonds is 3. The third-order valence-corrected chi connectivity index (χ3v) is 4.14. The Morgan fingerprint density at radius 2 is 1.88 bits per heavy atom. The zero-order valence-electron chi connectivity index (χ0n) is 10.4. The highest BCUT2D eigenvalue weighted by molar-refractivity contribution is 14.1. The highest BCUT2D eigenvalue weighted by Gasteiger charge is 2.13. The van der Waals surface area contributed by atoms with E-state index in [2.05, 4.69) is 70.8 Å². The predicted octanol–water partition coefficient (Wildman–Crippen LogP) is 4.04. The van der Waals surface area contributed by atoms with Crippen molar-refractivity contribution in [2.24, 2.45) is 5.92 Å². The number of benzene rings is 1. The number of nitrogens with zero attached hydrogens (tertiary/aromatic N) is 1. The zero-order chi connectivity index (χ0) is 12.1. The molecule has 2 heteroatoms. The Morgan fingerprint density at radius 3 is 2.53 bits per heavy atom. The average Bonchev–Trinajstić information content (AvgIpc) is 2.34. The molecule has 1 aromatic carbocycles. The number of piperidine rings is 1. The van der Waals surface area contributed by atoms with E-state index < -0.39 is 0 Å². The number of halogens is 1. The standard InChI is InChI=1S/C15H20IN/c1-13-8-11-17(12-9-13)10-2-3-14-4-6-15(16)7-5-14/h2-7,13H,8-12H2,1H3. The molecule has 0 aliphatic carbocycles. The van der Waals surface area contributed by atoms with E-state index in [0.717, 1.165) is 12.5 Å². The van der Waals surface area contributed by atoms with Crippen LogP contribution in [0.25, 0.3) is 6.08 Å². The van der Waals surface area contributed by atoms with Crippen molar-refractivity contribution in [2.75, 3.05) is 19.6 Å². The normalized spacial score (nSPS) is 18.9. The van der Waals surface area contributed by atoms with E-state index in [0.29, 0.717) is 0 Å². The van der Waals surface area contributed by atoms with Gasteiger partial charge in [0.1, 0.15) is 0 Å². The minimum Gasteiger partial charge on any atom is -0.300 e. The molecule has 0 radical (unpaired) electrons. The molecule has 0 bridgehead atoms. The van der Waals surface area contributed by atoms with E-state index >= 15 is 0 Å². The number of hydrogen-bond acceptors (Lipinski definition) is 1. The van der Waals surface area contributed by atoms with Crippen molar-refractivity contribution >= 4 is 28.7 Å². The lowest BCUT2D eigenvalue weighted by Crippen LogP contribution is -2.32. The van der Waals surface area contributed by atoms with Gasteiger partial charge in [0.05, 0.1) is 0 Å². The second-order valence-corrected chi connectivity index (χ2v) is 6.18. The summed E-state index contributed by atoms with van der Waals surface area (Å²) in [5, 5.41) is 0. The van der Waals surface area contributed by atoms with Gasteiger partial charge in [0, 0.05) is 10.1 Å². The van der Waals surface area contributed by atoms with Gasteiger partial charge in [-0.2, -0.15) is 0 Å². The largest absolute Gasteiger partial charge is 0.300 e.